The number of benzene rings is 3. The number of ether oxygens (including phenoxy) is 1. The summed E-state index contributed by atoms with van der Waals surface area (Å²) in [6.07, 6.45) is 5.53. The van der Waals surface area contributed by atoms with Gasteiger partial charge in [0.05, 0.1) is 11.0 Å². The van der Waals surface area contributed by atoms with Gasteiger partial charge >= 0.3 is 0 Å². The maximum absolute atomic E-state index is 6.31. The number of pyridine rings is 2. The SMILES string of the molecule is CCc1ccnc(Oc2cccc(-c3ccc4c5ccccc5n(-c5ccccn5)c4c3)c2)c1CC. The Morgan fingerprint density at radius 3 is 2.33 bits per heavy atom. The molecule has 0 aliphatic carbocycles. The summed E-state index contributed by atoms with van der Waals surface area (Å²) in [5, 5.41) is 2.43. The van der Waals surface area contributed by atoms with Crippen LogP contribution in [0.25, 0.3) is 38.8 Å². The molecule has 0 fully saturated rings. The first-order chi connectivity index (χ1) is 17.8. The van der Waals surface area contributed by atoms with Crippen LogP contribution >= 0.6 is 0 Å². The van der Waals surface area contributed by atoms with Gasteiger partial charge in [0, 0.05) is 28.7 Å². The molecule has 0 amide bonds. The van der Waals surface area contributed by atoms with Crippen LogP contribution in [0.1, 0.15) is 25.0 Å². The second-order valence-electron chi connectivity index (χ2n) is 8.86. The van der Waals surface area contributed by atoms with E-state index in [0.717, 1.165) is 46.6 Å². The predicted octanol–water partition coefficient (Wildman–Crippen LogP) is 8.16. The molecular weight excluding hydrogens is 442 g/mol. The van der Waals surface area contributed by atoms with Crippen LogP contribution < -0.4 is 4.74 Å². The molecule has 4 heteroatoms. The topological polar surface area (TPSA) is 39.9 Å². The van der Waals surface area contributed by atoms with Gasteiger partial charge in [-0.2, -0.15) is 0 Å². The first-order valence-electron chi connectivity index (χ1n) is 12.5. The summed E-state index contributed by atoms with van der Waals surface area (Å²) >= 11 is 0. The molecule has 6 aromatic rings. The van der Waals surface area contributed by atoms with Gasteiger partial charge in [-0.15, -0.1) is 0 Å². The van der Waals surface area contributed by atoms with E-state index in [1.807, 2.05) is 36.7 Å². The maximum atomic E-state index is 6.31. The van der Waals surface area contributed by atoms with Crippen LogP contribution in [0.2, 0.25) is 0 Å². The van der Waals surface area contributed by atoms with E-state index in [1.54, 1.807) is 0 Å². The maximum Gasteiger partial charge on any atom is 0.222 e. The molecule has 3 aromatic heterocycles. The molecule has 0 saturated carbocycles. The summed E-state index contributed by atoms with van der Waals surface area (Å²) in [4.78, 5) is 9.18. The molecule has 6 rings (SSSR count). The first-order valence-corrected chi connectivity index (χ1v) is 12.5. The monoisotopic (exact) mass is 469 g/mol. The highest BCUT2D eigenvalue weighted by Crippen LogP contribution is 2.35. The number of hydrogen-bond acceptors (Lipinski definition) is 3. The number of aryl methyl sites for hydroxylation is 1. The third-order valence-corrected chi connectivity index (χ3v) is 6.78. The summed E-state index contributed by atoms with van der Waals surface area (Å²) in [5.74, 6) is 2.39. The largest absolute Gasteiger partial charge is 0.439 e. The summed E-state index contributed by atoms with van der Waals surface area (Å²) in [5.41, 5.74) is 6.95. The highest BCUT2D eigenvalue weighted by atomic mass is 16.5. The van der Waals surface area contributed by atoms with E-state index in [-0.39, 0.29) is 0 Å². The third kappa shape index (κ3) is 3.81. The second-order valence-corrected chi connectivity index (χ2v) is 8.86. The highest BCUT2D eigenvalue weighted by molar-refractivity contribution is 6.10. The summed E-state index contributed by atoms with van der Waals surface area (Å²) in [6, 6.07) is 31.5. The van der Waals surface area contributed by atoms with Crippen molar-refractivity contribution >= 4 is 21.8 Å². The Balaban J connectivity index is 1.46. The summed E-state index contributed by atoms with van der Waals surface area (Å²) in [6.45, 7) is 4.31. The van der Waals surface area contributed by atoms with E-state index in [0.29, 0.717) is 5.88 Å². The van der Waals surface area contributed by atoms with Gasteiger partial charge in [0.25, 0.3) is 0 Å². The van der Waals surface area contributed by atoms with Gasteiger partial charge in [0.1, 0.15) is 11.6 Å². The normalized spacial score (nSPS) is 11.3. The molecule has 0 aliphatic heterocycles. The Hall–Kier alpha value is -4.44. The van der Waals surface area contributed by atoms with Crippen LogP contribution in [-0.2, 0) is 12.8 Å². The van der Waals surface area contributed by atoms with E-state index in [1.165, 1.54) is 21.9 Å². The first kappa shape index (κ1) is 22.1. The van der Waals surface area contributed by atoms with Gasteiger partial charge in [0.15, 0.2) is 0 Å². The van der Waals surface area contributed by atoms with Crippen LogP contribution in [0.3, 0.4) is 0 Å². The number of rotatable bonds is 6. The Labute approximate surface area is 210 Å². The third-order valence-electron chi connectivity index (χ3n) is 6.78. The Morgan fingerprint density at radius 2 is 1.50 bits per heavy atom. The zero-order valence-electron chi connectivity index (χ0n) is 20.5. The second kappa shape index (κ2) is 9.31. The Bertz CT molecular complexity index is 1690. The van der Waals surface area contributed by atoms with Gasteiger partial charge in [-0.25, -0.2) is 9.97 Å². The van der Waals surface area contributed by atoms with Crippen molar-refractivity contribution in [3.05, 3.63) is 115 Å². The lowest BCUT2D eigenvalue weighted by molar-refractivity contribution is 0.456. The average molecular weight is 470 g/mol. The van der Waals surface area contributed by atoms with Gasteiger partial charge in [-0.1, -0.05) is 62.4 Å². The number of aromatic nitrogens is 3. The van der Waals surface area contributed by atoms with Crippen molar-refractivity contribution in [3.8, 4) is 28.6 Å². The molecule has 0 unspecified atom stereocenters. The molecule has 0 aliphatic rings. The van der Waals surface area contributed by atoms with E-state index in [9.17, 15) is 0 Å². The van der Waals surface area contributed by atoms with Crippen LogP contribution in [0.5, 0.6) is 11.6 Å². The number of para-hydroxylation sites is 1. The molecule has 3 heterocycles. The molecule has 0 bridgehead atoms. The highest BCUT2D eigenvalue weighted by Gasteiger charge is 2.14. The van der Waals surface area contributed by atoms with Gasteiger partial charge in [-0.05, 0) is 72.0 Å². The molecular formula is C32H27N3O. The van der Waals surface area contributed by atoms with Gasteiger partial charge < -0.3 is 4.74 Å². The zero-order valence-corrected chi connectivity index (χ0v) is 20.5. The molecule has 0 radical (unpaired) electrons. The number of fused-ring (bicyclic) bond motifs is 3. The fourth-order valence-electron chi connectivity index (χ4n) is 5.04. The van der Waals surface area contributed by atoms with Crippen molar-refractivity contribution in [1.82, 2.24) is 14.5 Å². The molecule has 36 heavy (non-hydrogen) atoms. The smallest absolute Gasteiger partial charge is 0.222 e. The minimum absolute atomic E-state index is 0.694. The van der Waals surface area contributed by atoms with Crippen molar-refractivity contribution in [1.29, 1.82) is 0 Å². The molecule has 176 valence electrons. The van der Waals surface area contributed by atoms with Gasteiger partial charge in [0.2, 0.25) is 5.88 Å². The average Bonchev–Trinajstić information content (AvgIpc) is 3.27. The Kier molecular flexibility index (Phi) is 5.70. The van der Waals surface area contributed by atoms with E-state index in [2.05, 4.69) is 95.1 Å². The zero-order chi connectivity index (χ0) is 24.5. The van der Waals surface area contributed by atoms with E-state index >= 15 is 0 Å². The summed E-state index contributed by atoms with van der Waals surface area (Å²) in [7, 11) is 0. The van der Waals surface area contributed by atoms with Crippen LogP contribution in [0.4, 0.5) is 0 Å². The molecule has 0 saturated heterocycles. The van der Waals surface area contributed by atoms with Crippen molar-refractivity contribution in [2.75, 3.05) is 0 Å². The van der Waals surface area contributed by atoms with Crippen LogP contribution in [0.15, 0.2) is 103 Å². The van der Waals surface area contributed by atoms with E-state index < -0.39 is 0 Å². The van der Waals surface area contributed by atoms with Crippen LogP contribution in [0, 0.1) is 0 Å². The quantitative estimate of drug-likeness (QED) is 0.247. The molecule has 0 spiro atoms. The van der Waals surface area contributed by atoms with Crippen molar-refractivity contribution in [2.45, 2.75) is 26.7 Å². The lowest BCUT2D eigenvalue weighted by Crippen LogP contribution is -1.98. The van der Waals surface area contributed by atoms with Crippen molar-refractivity contribution in [2.24, 2.45) is 0 Å². The molecule has 0 N–H and O–H groups in total. The van der Waals surface area contributed by atoms with Gasteiger partial charge in [-0.3, -0.25) is 4.57 Å². The fourth-order valence-corrected chi connectivity index (χ4v) is 5.04. The Morgan fingerprint density at radius 1 is 0.667 bits per heavy atom. The van der Waals surface area contributed by atoms with Crippen LogP contribution in [-0.4, -0.2) is 14.5 Å². The number of hydrogen-bond donors (Lipinski definition) is 0. The van der Waals surface area contributed by atoms with E-state index in [4.69, 9.17) is 4.74 Å². The molecule has 4 nitrogen and oxygen atoms in total. The fraction of sp³-hybridized carbons (Fsp3) is 0.125. The predicted molar refractivity (Wildman–Crippen MR) is 147 cm³/mol. The van der Waals surface area contributed by atoms with Crippen molar-refractivity contribution < 1.29 is 4.74 Å². The molecule has 3 aromatic carbocycles. The minimum Gasteiger partial charge on any atom is -0.439 e. The minimum atomic E-state index is 0.694. The number of nitrogens with zero attached hydrogens (tertiary/aromatic N) is 3. The lowest BCUT2D eigenvalue weighted by Gasteiger charge is -2.13. The summed E-state index contributed by atoms with van der Waals surface area (Å²) < 4.78 is 8.55. The molecule has 0 atom stereocenters. The standard InChI is InChI=1S/C32H27N3O/c1-3-22-17-19-34-32(26(22)4-2)36-25-11-9-10-23(20-25)24-15-16-28-27-12-5-6-13-29(27)35(30(28)21-24)31-14-7-8-18-33-31/h5-21H,3-4H2,1-2H3. The van der Waals surface area contributed by atoms with Crippen molar-refractivity contribution in [3.63, 3.8) is 0 Å². The lowest BCUT2D eigenvalue weighted by atomic mass is 10.0.